The Morgan fingerprint density at radius 2 is 2.00 bits per heavy atom. The van der Waals surface area contributed by atoms with Crippen molar-refractivity contribution in [2.24, 2.45) is 11.8 Å². The summed E-state index contributed by atoms with van der Waals surface area (Å²) in [5, 5.41) is 0. The predicted octanol–water partition coefficient (Wildman–Crippen LogP) is 3.85. The van der Waals surface area contributed by atoms with Gasteiger partial charge in [-0.3, -0.25) is 4.79 Å². The molecule has 0 aromatic heterocycles. The summed E-state index contributed by atoms with van der Waals surface area (Å²) in [6.45, 7) is 0. The second-order valence-corrected chi connectivity index (χ2v) is 6.05. The van der Waals surface area contributed by atoms with Crippen molar-refractivity contribution in [2.75, 3.05) is 7.11 Å². The van der Waals surface area contributed by atoms with Gasteiger partial charge in [-0.2, -0.15) is 0 Å². The van der Waals surface area contributed by atoms with Crippen LogP contribution in [0.5, 0.6) is 5.75 Å². The number of benzene rings is 2. The average Bonchev–Trinajstić information content (AvgIpc) is 3.29. The Balaban J connectivity index is 1.63. The standard InChI is InChI=1S/C19H18O2/c1-21-14-7-4-6-13(11-14)19(20)18-16-10-9-12-5-2-3-8-15(12)17(16)18/h2-8,11,16-18H,9-10H2,1H3. The smallest absolute Gasteiger partial charge is 0.167 e. The second kappa shape index (κ2) is 4.73. The maximum Gasteiger partial charge on any atom is 0.167 e. The van der Waals surface area contributed by atoms with Crippen LogP contribution in [0, 0.1) is 11.8 Å². The number of Topliss-reactive ketones (excluding diaryl/α,β-unsaturated/α-hetero) is 1. The Hall–Kier alpha value is -2.09. The minimum absolute atomic E-state index is 0.167. The van der Waals surface area contributed by atoms with Crippen LogP contribution in [0.4, 0.5) is 0 Å². The van der Waals surface area contributed by atoms with Crippen molar-refractivity contribution < 1.29 is 9.53 Å². The van der Waals surface area contributed by atoms with Gasteiger partial charge in [0.05, 0.1) is 7.11 Å². The predicted molar refractivity (Wildman–Crippen MR) is 81.8 cm³/mol. The number of methoxy groups -OCH3 is 1. The van der Waals surface area contributed by atoms with Gasteiger partial charge in [-0.25, -0.2) is 0 Å². The fourth-order valence-corrected chi connectivity index (χ4v) is 3.89. The summed E-state index contributed by atoms with van der Waals surface area (Å²) < 4.78 is 5.23. The first kappa shape index (κ1) is 12.6. The Morgan fingerprint density at radius 3 is 2.86 bits per heavy atom. The molecule has 0 amide bonds. The van der Waals surface area contributed by atoms with E-state index in [2.05, 4.69) is 24.3 Å². The first-order valence-electron chi connectivity index (χ1n) is 7.55. The summed E-state index contributed by atoms with van der Waals surface area (Å²) >= 11 is 0. The molecule has 2 nitrogen and oxygen atoms in total. The van der Waals surface area contributed by atoms with Crippen molar-refractivity contribution in [2.45, 2.75) is 18.8 Å². The number of rotatable bonds is 3. The second-order valence-electron chi connectivity index (χ2n) is 6.05. The third-order valence-electron chi connectivity index (χ3n) is 4.99. The van der Waals surface area contributed by atoms with E-state index in [0.29, 0.717) is 11.8 Å². The summed E-state index contributed by atoms with van der Waals surface area (Å²) in [7, 11) is 1.64. The molecule has 0 radical (unpaired) electrons. The highest BCUT2D eigenvalue weighted by Gasteiger charge is 2.56. The fourth-order valence-electron chi connectivity index (χ4n) is 3.89. The topological polar surface area (TPSA) is 26.3 Å². The van der Waals surface area contributed by atoms with Gasteiger partial charge in [0.2, 0.25) is 0 Å². The Labute approximate surface area is 124 Å². The van der Waals surface area contributed by atoms with Crippen molar-refractivity contribution in [1.82, 2.24) is 0 Å². The Bertz CT molecular complexity index is 704. The van der Waals surface area contributed by atoms with Crippen molar-refractivity contribution in [3.8, 4) is 5.75 Å². The third kappa shape index (κ3) is 1.98. The molecular formula is C19H18O2. The van der Waals surface area contributed by atoms with E-state index in [0.717, 1.165) is 24.2 Å². The summed E-state index contributed by atoms with van der Waals surface area (Å²) in [6, 6.07) is 16.1. The van der Waals surface area contributed by atoms with E-state index in [1.807, 2.05) is 24.3 Å². The van der Waals surface area contributed by atoms with Crippen molar-refractivity contribution in [3.05, 3.63) is 65.2 Å². The summed E-state index contributed by atoms with van der Waals surface area (Å²) in [5.41, 5.74) is 3.61. The van der Waals surface area contributed by atoms with Crippen LogP contribution in [-0.2, 0) is 6.42 Å². The van der Waals surface area contributed by atoms with E-state index in [-0.39, 0.29) is 11.7 Å². The third-order valence-corrected chi connectivity index (χ3v) is 4.99. The molecule has 1 fully saturated rings. The van der Waals surface area contributed by atoms with E-state index in [1.165, 1.54) is 11.1 Å². The molecular weight excluding hydrogens is 260 g/mol. The zero-order valence-corrected chi connectivity index (χ0v) is 12.1. The number of fused-ring (bicyclic) bond motifs is 3. The van der Waals surface area contributed by atoms with Crippen LogP contribution in [0.2, 0.25) is 0 Å². The lowest BCUT2D eigenvalue weighted by Crippen LogP contribution is -2.04. The molecule has 0 spiro atoms. The molecule has 0 heterocycles. The average molecular weight is 278 g/mol. The zero-order valence-electron chi connectivity index (χ0n) is 12.1. The molecule has 2 heteroatoms. The van der Waals surface area contributed by atoms with Crippen molar-refractivity contribution in [1.29, 1.82) is 0 Å². The van der Waals surface area contributed by atoms with Crippen LogP contribution >= 0.6 is 0 Å². The molecule has 0 saturated heterocycles. The minimum Gasteiger partial charge on any atom is -0.497 e. The maximum absolute atomic E-state index is 12.8. The maximum atomic E-state index is 12.8. The molecule has 3 unspecified atom stereocenters. The molecule has 4 rings (SSSR count). The number of hydrogen-bond acceptors (Lipinski definition) is 2. The van der Waals surface area contributed by atoms with Crippen LogP contribution < -0.4 is 4.74 Å². The van der Waals surface area contributed by atoms with Gasteiger partial charge in [0.15, 0.2) is 5.78 Å². The molecule has 0 bridgehead atoms. The highest BCUT2D eigenvalue weighted by Crippen LogP contribution is 2.60. The number of carbonyl (C=O) groups is 1. The lowest BCUT2D eigenvalue weighted by atomic mass is 9.92. The Morgan fingerprint density at radius 1 is 1.14 bits per heavy atom. The monoisotopic (exact) mass is 278 g/mol. The molecule has 2 aromatic carbocycles. The van der Waals surface area contributed by atoms with Crippen LogP contribution in [0.15, 0.2) is 48.5 Å². The molecule has 0 aliphatic heterocycles. The van der Waals surface area contributed by atoms with Crippen molar-refractivity contribution >= 4 is 5.78 Å². The van der Waals surface area contributed by atoms with Gasteiger partial charge in [-0.1, -0.05) is 36.4 Å². The van der Waals surface area contributed by atoms with Gasteiger partial charge in [-0.05, 0) is 47.9 Å². The first-order valence-corrected chi connectivity index (χ1v) is 7.55. The van der Waals surface area contributed by atoms with E-state index < -0.39 is 0 Å². The minimum atomic E-state index is 0.167. The van der Waals surface area contributed by atoms with E-state index >= 15 is 0 Å². The van der Waals surface area contributed by atoms with Gasteiger partial charge in [0.1, 0.15) is 5.75 Å². The lowest BCUT2D eigenvalue weighted by Gasteiger charge is -2.13. The number of ether oxygens (including phenoxy) is 1. The SMILES string of the molecule is COc1cccc(C(=O)C2C3CCc4ccccc4C32)c1. The largest absolute Gasteiger partial charge is 0.497 e. The number of ketones is 1. The highest BCUT2D eigenvalue weighted by atomic mass is 16.5. The Kier molecular flexibility index (Phi) is 2.85. The normalized spacial score (nSPS) is 25.7. The quantitative estimate of drug-likeness (QED) is 0.797. The van der Waals surface area contributed by atoms with E-state index in [9.17, 15) is 4.79 Å². The first-order chi connectivity index (χ1) is 10.3. The number of aryl methyl sites for hydroxylation is 1. The van der Waals surface area contributed by atoms with Gasteiger partial charge in [-0.15, -0.1) is 0 Å². The molecule has 3 atom stereocenters. The molecule has 0 N–H and O–H groups in total. The molecule has 2 aliphatic carbocycles. The molecule has 21 heavy (non-hydrogen) atoms. The number of hydrogen-bond donors (Lipinski definition) is 0. The highest BCUT2D eigenvalue weighted by molar-refractivity contribution is 6.01. The number of carbonyl (C=O) groups excluding carboxylic acids is 1. The summed E-state index contributed by atoms with van der Waals surface area (Å²) in [4.78, 5) is 12.8. The molecule has 106 valence electrons. The van der Waals surface area contributed by atoms with Gasteiger partial charge in [0.25, 0.3) is 0 Å². The van der Waals surface area contributed by atoms with Gasteiger partial charge < -0.3 is 4.74 Å². The summed E-state index contributed by atoms with van der Waals surface area (Å²) in [5.74, 6) is 2.18. The molecule has 1 saturated carbocycles. The molecule has 2 aromatic rings. The summed E-state index contributed by atoms with van der Waals surface area (Å²) in [6.07, 6.45) is 2.25. The van der Waals surface area contributed by atoms with E-state index in [1.54, 1.807) is 7.11 Å². The molecule has 2 aliphatic rings. The van der Waals surface area contributed by atoms with E-state index in [4.69, 9.17) is 4.74 Å². The van der Waals surface area contributed by atoms with Crippen LogP contribution in [0.25, 0.3) is 0 Å². The lowest BCUT2D eigenvalue weighted by molar-refractivity contribution is 0.0959. The zero-order chi connectivity index (χ0) is 14.4. The van der Waals surface area contributed by atoms with Crippen LogP contribution in [0.1, 0.15) is 33.8 Å². The van der Waals surface area contributed by atoms with Crippen LogP contribution in [-0.4, -0.2) is 12.9 Å². The van der Waals surface area contributed by atoms with Crippen LogP contribution in [0.3, 0.4) is 0 Å². The van der Waals surface area contributed by atoms with Crippen molar-refractivity contribution in [3.63, 3.8) is 0 Å². The fraction of sp³-hybridized carbons (Fsp3) is 0.316. The van der Waals surface area contributed by atoms with Gasteiger partial charge >= 0.3 is 0 Å². The van der Waals surface area contributed by atoms with Gasteiger partial charge in [0, 0.05) is 11.5 Å².